The molecule has 0 aliphatic carbocycles. The summed E-state index contributed by atoms with van der Waals surface area (Å²) in [5.41, 5.74) is 2.62. The van der Waals surface area contributed by atoms with E-state index in [1.54, 1.807) is 0 Å². The summed E-state index contributed by atoms with van der Waals surface area (Å²) in [6.45, 7) is 2.38. The predicted molar refractivity (Wildman–Crippen MR) is 74.5 cm³/mol. The second-order valence-electron chi connectivity index (χ2n) is 4.64. The van der Waals surface area contributed by atoms with E-state index in [9.17, 15) is 5.11 Å². The average molecular weight is 253 g/mol. The number of phenolic OH excluding ortho intramolecular Hbond substituents is 1. The number of phenols is 1. The maximum Gasteiger partial charge on any atom is 0.220 e. The van der Waals surface area contributed by atoms with Crippen molar-refractivity contribution in [2.45, 2.75) is 13.0 Å². The number of ether oxygens (including phenoxy) is 1. The van der Waals surface area contributed by atoms with Crippen LogP contribution >= 0.6 is 0 Å². The Morgan fingerprint density at radius 3 is 2.68 bits per heavy atom. The van der Waals surface area contributed by atoms with Crippen molar-refractivity contribution in [3.63, 3.8) is 0 Å². The van der Waals surface area contributed by atoms with Crippen LogP contribution < -0.4 is 0 Å². The minimum Gasteiger partial charge on any atom is -0.507 e. The largest absolute Gasteiger partial charge is 0.507 e. The first-order valence-electron chi connectivity index (χ1n) is 6.30. The number of hydrogen-bond acceptors (Lipinski definition) is 3. The Kier molecular flexibility index (Phi) is 2.95. The Labute approximate surface area is 112 Å². The van der Waals surface area contributed by atoms with Gasteiger partial charge < -0.3 is 9.84 Å². The summed E-state index contributed by atoms with van der Waals surface area (Å²) in [4.78, 5) is 4.56. The van der Waals surface area contributed by atoms with Gasteiger partial charge in [0.1, 0.15) is 18.4 Å². The quantitative estimate of drug-likeness (QED) is 0.892. The summed E-state index contributed by atoms with van der Waals surface area (Å²) in [6.07, 6.45) is 0. The monoisotopic (exact) mass is 253 g/mol. The lowest BCUT2D eigenvalue weighted by atomic mass is 10.1. The van der Waals surface area contributed by atoms with Gasteiger partial charge in [-0.15, -0.1) is 0 Å². The molecule has 0 spiro atoms. The molecule has 2 aromatic rings. The number of hydrogen-bond donors (Lipinski definition) is 1. The van der Waals surface area contributed by atoms with Crippen LogP contribution in [0.15, 0.2) is 53.5 Å². The van der Waals surface area contributed by atoms with Gasteiger partial charge in [0.25, 0.3) is 0 Å². The van der Waals surface area contributed by atoms with Gasteiger partial charge in [-0.1, -0.05) is 42.5 Å². The lowest BCUT2D eigenvalue weighted by Crippen LogP contribution is -2.02. The maximum absolute atomic E-state index is 10.1. The third-order valence-electron chi connectivity index (χ3n) is 3.30. The van der Waals surface area contributed by atoms with E-state index in [1.165, 1.54) is 0 Å². The molecule has 0 saturated heterocycles. The van der Waals surface area contributed by atoms with E-state index < -0.39 is 0 Å². The van der Waals surface area contributed by atoms with Crippen molar-refractivity contribution < 1.29 is 9.84 Å². The number of rotatable bonds is 2. The summed E-state index contributed by atoms with van der Waals surface area (Å²) in [6, 6.07) is 15.6. The minimum absolute atomic E-state index is 0.0103. The highest BCUT2D eigenvalue weighted by atomic mass is 16.5. The first-order valence-corrected chi connectivity index (χ1v) is 6.30. The Morgan fingerprint density at radius 1 is 1.11 bits per heavy atom. The lowest BCUT2D eigenvalue weighted by molar-refractivity contribution is 0.318. The summed E-state index contributed by atoms with van der Waals surface area (Å²) >= 11 is 0. The summed E-state index contributed by atoms with van der Waals surface area (Å²) in [5, 5.41) is 10.1. The van der Waals surface area contributed by atoms with Crippen LogP contribution in [0.4, 0.5) is 0 Å². The Hall–Kier alpha value is -2.29. The molecule has 0 unspecified atom stereocenters. The highest BCUT2D eigenvalue weighted by Crippen LogP contribution is 2.29. The van der Waals surface area contributed by atoms with Crippen LogP contribution in [0.5, 0.6) is 5.75 Å². The molecular weight excluding hydrogens is 238 g/mol. The van der Waals surface area contributed by atoms with Crippen molar-refractivity contribution in [2.24, 2.45) is 4.99 Å². The maximum atomic E-state index is 10.1. The third-order valence-corrected chi connectivity index (χ3v) is 3.30. The molecule has 0 radical (unpaired) electrons. The Balaban J connectivity index is 1.94. The molecule has 2 aromatic carbocycles. The topological polar surface area (TPSA) is 41.8 Å². The molecule has 0 amide bonds. The van der Waals surface area contributed by atoms with Crippen molar-refractivity contribution >= 4 is 5.90 Å². The standard InChI is InChI=1S/C16H15NO2/c1-11-6-5-9-13(15(11)18)16-17-14(10-19-16)12-7-3-2-4-8-12/h2-9,14,18H,10H2,1H3/t14-/m1/s1. The van der Waals surface area contributed by atoms with Gasteiger partial charge in [0, 0.05) is 0 Å². The summed E-state index contributed by atoms with van der Waals surface area (Å²) in [5.74, 6) is 0.769. The van der Waals surface area contributed by atoms with E-state index in [-0.39, 0.29) is 11.8 Å². The average Bonchev–Trinajstić information content (AvgIpc) is 2.92. The molecule has 1 N–H and O–H groups in total. The van der Waals surface area contributed by atoms with E-state index in [2.05, 4.69) is 4.99 Å². The highest BCUT2D eigenvalue weighted by molar-refractivity contribution is 5.98. The molecular formula is C16H15NO2. The van der Waals surface area contributed by atoms with Gasteiger partial charge in [-0.25, -0.2) is 4.99 Å². The highest BCUT2D eigenvalue weighted by Gasteiger charge is 2.23. The second-order valence-corrected chi connectivity index (χ2v) is 4.64. The molecule has 3 heteroatoms. The summed E-state index contributed by atoms with van der Waals surface area (Å²) < 4.78 is 5.63. The third kappa shape index (κ3) is 2.19. The normalized spacial score (nSPS) is 17.9. The summed E-state index contributed by atoms with van der Waals surface area (Å²) in [7, 11) is 0. The van der Waals surface area contributed by atoms with E-state index in [0.29, 0.717) is 18.1 Å². The number of benzene rings is 2. The van der Waals surface area contributed by atoms with Gasteiger partial charge in [-0.2, -0.15) is 0 Å². The van der Waals surface area contributed by atoms with Gasteiger partial charge in [-0.3, -0.25) is 0 Å². The molecule has 1 aliphatic heterocycles. The molecule has 1 aliphatic rings. The van der Waals surface area contributed by atoms with Crippen molar-refractivity contribution in [1.29, 1.82) is 0 Å². The van der Waals surface area contributed by atoms with Crippen LogP contribution in [0.2, 0.25) is 0 Å². The van der Waals surface area contributed by atoms with Crippen molar-refractivity contribution in [3.8, 4) is 5.75 Å². The van der Waals surface area contributed by atoms with E-state index >= 15 is 0 Å². The first-order chi connectivity index (χ1) is 9.25. The number of aromatic hydroxyl groups is 1. The van der Waals surface area contributed by atoms with E-state index in [0.717, 1.165) is 11.1 Å². The van der Waals surface area contributed by atoms with Crippen molar-refractivity contribution in [3.05, 3.63) is 65.2 Å². The van der Waals surface area contributed by atoms with Gasteiger partial charge >= 0.3 is 0 Å². The molecule has 1 heterocycles. The Morgan fingerprint density at radius 2 is 1.89 bits per heavy atom. The van der Waals surface area contributed by atoms with Crippen LogP contribution in [0.1, 0.15) is 22.7 Å². The van der Waals surface area contributed by atoms with Crippen molar-refractivity contribution in [1.82, 2.24) is 0 Å². The molecule has 0 bridgehead atoms. The number of aliphatic imine (C=N–C) groups is 1. The SMILES string of the molecule is Cc1cccc(C2=N[C@@H](c3ccccc3)CO2)c1O. The van der Waals surface area contributed by atoms with E-state index in [4.69, 9.17) is 4.74 Å². The van der Waals surface area contributed by atoms with E-state index in [1.807, 2.05) is 55.5 Å². The number of aryl methyl sites for hydroxylation is 1. The molecule has 1 atom stereocenters. The zero-order valence-electron chi connectivity index (χ0n) is 10.7. The molecule has 0 saturated carbocycles. The smallest absolute Gasteiger partial charge is 0.220 e. The van der Waals surface area contributed by atoms with Gasteiger partial charge in [0.15, 0.2) is 0 Å². The number of nitrogens with zero attached hydrogens (tertiary/aromatic N) is 1. The van der Waals surface area contributed by atoms with Crippen LogP contribution in [-0.2, 0) is 4.74 Å². The molecule has 19 heavy (non-hydrogen) atoms. The fraction of sp³-hybridized carbons (Fsp3) is 0.188. The zero-order chi connectivity index (χ0) is 13.2. The molecule has 0 aromatic heterocycles. The zero-order valence-corrected chi connectivity index (χ0v) is 10.7. The molecule has 96 valence electrons. The lowest BCUT2D eigenvalue weighted by Gasteiger charge is -2.05. The Bertz CT molecular complexity index is 620. The van der Waals surface area contributed by atoms with Crippen LogP contribution in [0.3, 0.4) is 0 Å². The van der Waals surface area contributed by atoms with Gasteiger partial charge in [0.05, 0.1) is 5.56 Å². The predicted octanol–water partition coefficient (Wildman–Crippen LogP) is 3.22. The fourth-order valence-electron chi connectivity index (χ4n) is 2.20. The van der Waals surface area contributed by atoms with Gasteiger partial charge in [-0.05, 0) is 24.1 Å². The molecule has 3 rings (SSSR count). The fourth-order valence-corrected chi connectivity index (χ4v) is 2.20. The van der Waals surface area contributed by atoms with Crippen LogP contribution in [-0.4, -0.2) is 17.6 Å². The minimum atomic E-state index is 0.0103. The van der Waals surface area contributed by atoms with Crippen molar-refractivity contribution in [2.75, 3.05) is 6.61 Å². The second kappa shape index (κ2) is 4.76. The molecule has 0 fully saturated rings. The molecule has 3 nitrogen and oxygen atoms in total. The first kappa shape index (κ1) is 11.8. The van der Waals surface area contributed by atoms with Crippen LogP contribution in [0.25, 0.3) is 0 Å². The number of para-hydroxylation sites is 1. The van der Waals surface area contributed by atoms with Gasteiger partial charge in [0.2, 0.25) is 5.90 Å². The van der Waals surface area contributed by atoms with Crippen LogP contribution in [0, 0.1) is 6.92 Å².